The molecular weight excluding hydrogens is 254 g/mol. The highest BCUT2D eigenvalue weighted by Gasteiger charge is 2.29. The third-order valence-corrected chi connectivity index (χ3v) is 3.81. The average Bonchev–Trinajstić information content (AvgIpc) is 2.85. The monoisotopic (exact) mass is 269 g/mol. The average molecular weight is 269 g/mol. The summed E-state index contributed by atoms with van der Waals surface area (Å²) in [6.07, 6.45) is 1.29. The van der Waals surface area contributed by atoms with Gasteiger partial charge in [0, 0.05) is 30.6 Å². The van der Waals surface area contributed by atoms with Gasteiger partial charge >= 0.3 is 5.97 Å². The van der Waals surface area contributed by atoms with Crippen molar-refractivity contribution in [3.8, 4) is 0 Å². The number of hydrogen-bond donors (Lipinski definition) is 3. The molecule has 2 atom stereocenters. The lowest BCUT2D eigenvalue weighted by molar-refractivity contribution is -0.131. The predicted octanol–water partition coefficient (Wildman–Crippen LogP) is 0.383. The Morgan fingerprint density at radius 1 is 1.44 bits per heavy atom. The molecule has 0 spiro atoms. The molecule has 1 aliphatic heterocycles. The number of hydrogen-bond acceptors (Lipinski definition) is 5. The van der Waals surface area contributed by atoms with Gasteiger partial charge in [0.2, 0.25) is 0 Å². The maximum Gasteiger partial charge on any atom is 0.328 e. The van der Waals surface area contributed by atoms with E-state index >= 15 is 0 Å². The quantitative estimate of drug-likeness (QED) is 0.689. The van der Waals surface area contributed by atoms with Gasteiger partial charge in [0.05, 0.1) is 12.2 Å². The zero-order valence-electron chi connectivity index (χ0n) is 9.69. The summed E-state index contributed by atoms with van der Waals surface area (Å²) in [5, 5.41) is 29.4. The molecule has 1 aromatic rings. The number of nitrogens with zero attached hydrogens (tertiary/aromatic N) is 1. The first-order valence-electron chi connectivity index (χ1n) is 5.62. The maximum absolute atomic E-state index is 10.5. The molecule has 0 bridgehead atoms. The van der Waals surface area contributed by atoms with Gasteiger partial charge in [-0.25, -0.2) is 4.79 Å². The Hall–Kier alpha value is -1.21. The van der Waals surface area contributed by atoms with E-state index in [1.165, 1.54) is 0 Å². The molecule has 2 unspecified atom stereocenters. The van der Waals surface area contributed by atoms with Crippen LogP contribution < -0.4 is 0 Å². The topological polar surface area (TPSA) is 81.0 Å². The second kappa shape index (κ2) is 5.62. The van der Waals surface area contributed by atoms with Gasteiger partial charge in [-0.05, 0) is 23.1 Å². The van der Waals surface area contributed by atoms with Crippen molar-refractivity contribution < 1.29 is 20.1 Å². The number of likely N-dealkylation sites (tertiary alicyclic amines) is 1. The van der Waals surface area contributed by atoms with Gasteiger partial charge in [-0.2, -0.15) is 0 Å². The molecule has 0 aromatic carbocycles. The molecule has 1 aromatic heterocycles. The van der Waals surface area contributed by atoms with E-state index in [9.17, 15) is 15.0 Å². The maximum atomic E-state index is 10.5. The molecule has 0 saturated carbocycles. The largest absolute Gasteiger partial charge is 0.478 e. The molecule has 2 heterocycles. The summed E-state index contributed by atoms with van der Waals surface area (Å²) >= 11 is 1.54. The van der Waals surface area contributed by atoms with Crippen LogP contribution in [0.5, 0.6) is 0 Å². The Balaban J connectivity index is 2.02. The first-order chi connectivity index (χ1) is 8.56. The van der Waals surface area contributed by atoms with Crippen molar-refractivity contribution in [2.45, 2.75) is 18.8 Å². The molecule has 0 aliphatic carbocycles. The van der Waals surface area contributed by atoms with Crippen LogP contribution in [0.4, 0.5) is 0 Å². The number of rotatable bonds is 4. The highest BCUT2D eigenvalue weighted by Crippen LogP contribution is 2.22. The summed E-state index contributed by atoms with van der Waals surface area (Å²) < 4.78 is 0. The summed E-state index contributed by atoms with van der Waals surface area (Å²) in [5.74, 6) is -0.973. The van der Waals surface area contributed by atoms with E-state index in [1.807, 2.05) is 16.3 Å². The van der Waals surface area contributed by atoms with Crippen LogP contribution in [0.15, 0.2) is 17.5 Å². The van der Waals surface area contributed by atoms with Crippen LogP contribution >= 0.6 is 11.3 Å². The Bertz CT molecular complexity index is 447. The number of aliphatic hydroxyl groups is 2. The van der Waals surface area contributed by atoms with E-state index in [0.29, 0.717) is 19.6 Å². The van der Waals surface area contributed by atoms with Gasteiger partial charge in [-0.15, -0.1) is 11.3 Å². The summed E-state index contributed by atoms with van der Waals surface area (Å²) in [6, 6.07) is 1.86. The molecule has 1 saturated heterocycles. The van der Waals surface area contributed by atoms with Crippen molar-refractivity contribution in [3.05, 3.63) is 28.0 Å². The predicted molar refractivity (Wildman–Crippen MR) is 68.3 cm³/mol. The molecule has 3 N–H and O–H groups in total. The minimum absolute atomic E-state index is 0.446. The Morgan fingerprint density at radius 3 is 2.72 bits per heavy atom. The zero-order chi connectivity index (χ0) is 13.1. The van der Waals surface area contributed by atoms with Gasteiger partial charge in [0.25, 0.3) is 0 Å². The van der Waals surface area contributed by atoms with E-state index in [0.717, 1.165) is 16.5 Å². The number of aliphatic hydroxyl groups excluding tert-OH is 2. The first kappa shape index (κ1) is 13.2. The molecule has 1 fully saturated rings. The Kier molecular flexibility index (Phi) is 4.13. The first-order valence-corrected chi connectivity index (χ1v) is 6.50. The minimum Gasteiger partial charge on any atom is -0.478 e. The van der Waals surface area contributed by atoms with Crippen molar-refractivity contribution >= 4 is 23.4 Å². The van der Waals surface area contributed by atoms with Crippen molar-refractivity contribution in [2.24, 2.45) is 0 Å². The van der Waals surface area contributed by atoms with Crippen molar-refractivity contribution in [2.75, 3.05) is 13.1 Å². The molecule has 0 amide bonds. The summed E-state index contributed by atoms with van der Waals surface area (Å²) in [7, 11) is 0. The molecule has 6 heteroatoms. The number of carboxylic acid groups (broad SMARTS) is 1. The molecule has 5 nitrogen and oxygen atoms in total. The third kappa shape index (κ3) is 3.17. The smallest absolute Gasteiger partial charge is 0.328 e. The van der Waals surface area contributed by atoms with Crippen LogP contribution in [0.25, 0.3) is 6.08 Å². The lowest BCUT2D eigenvalue weighted by Crippen LogP contribution is -2.22. The van der Waals surface area contributed by atoms with Crippen molar-refractivity contribution in [3.63, 3.8) is 0 Å². The third-order valence-electron chi connectivity index (χ3n) is 2.89. The van der Waals surface area contributed by atoms with Crippen LogP contribution in [0.1, 0.15) is 10.4 Å². The summed E-state index contributed by atoms with van der Waals surface area (Å²) in [4.78, 5) is 13.5. The van der Waals surface area contributed by atoms with E-state index in [4.69, 9.17) is 5.11 Å². The number of β-amino-alcohol motifs (C(OH)–C–C–N with tert-alkyl or cyclic N) is 2. The van der Waals surface area contributed by atoms with Gasteiger partial charge in [-0.1, -0.05) is 0 Å². The van der Waals surface area contributed by atoms with Crippen molar-refractivity contribution in [1.29, 1.82) is 0 Å². The van der Waals surface area contributed by atoms with Crippen LogP contribution in [0.2, 0.25) is 0 Å². The fourth-order valence-electron chi connectivity index (χ4n) is 1.97. The summed E-state index contributed by atoms with van der Waals surface area (Å²) in [5.41, 5.74) is 0.873. The van der Waals surface area contributed by atoms with Gasteiger partial charge < -0.3 is 15.3 Å². The lowest BCUT2D eigenvalue weighted by atomic mass is 10.2. The second-order valence-corrected chi connectivity index (χ2v) is 5.30. The normalized spacial score (nSPS) is 25.0. The van der Waals surface area contributed by atoms with Gasteiger partial charge in [-0.3, -0.25) is 4.90 Å². The molecule has 98 valence electrons. The fraction of sp³-hybridized carbons (Fsp3) is 0.417. The zero-order valence-corrected chi connectivity index (χ0v) is 10.5. The minimum atomic E-state index is -0.973. The number of carbonyl (C=O) groups is 1. The van der Waals surface area contributed by atoms with Crippen LogP contribution in [0.3, 0.4) is 0 Å². The van der Waals surface area contributed by atoms with Gasteiger partial charge in [0.15, 0.2) is 0 Å². The SMILES string of the molecule is O=C(O)/C=C/c1ccsc1CN1CC(O)C(O)C1. The Morgan fingerprint density at radius 2 is 2.11 bits per heavy atom. The fourth-order valence-corrected chi connectivity index (χ4v) is 2.88. The van der Waals surface area contributed by atoms with Crippen LogP contribution in [-0.2, 0) is 11.3 Å². The number of carboxylic acids is 1. The van der Waals surface area contributed by atoms with Gasteiger partial charge in [0.1, 0.15) is 0 Å². The molecular formula is C12H15NO4S. The van der Waals surface area contributed by atoms with E-state index in [-0.39, 0.29) is 0 Å². The van der Waals surface area contributed by atoms with E-state index in [1.54, 1.807) is 17.4 Å². The Labute approximate surface area is 109 Å². The standard InChI is InChI=1S/C12H15NO4S/c14-9-5-13(6-10(9)15)7-11-8(3-4-18-11)1-2-12(16)17/h1-4,9-10,14-15H,5-7H2,(H,16,17)/b2-1+. The number of thiophene rings is 1. The molecule has 0 radical (unpaired) electrons. The van der Waals surface area contributed by atoms with Crippen LogP contribution in [0, 0.1) is 0 Å². The summed E-state index contributed by atoms with van der Waals surface area (Å²) in [6.45, 7) is 1.51. The van der Waals surface area contributed by atoms with E-state index in [2.05, 4.69) is 0 Å². The molecule has 1 aliphatic rings. The molecule has 18 heavy (non-hydrogen) atoms. The molecule has 2 rings (SSSR count). The lowest BCUT2D eigenvalue weighted by Gasteiger charge is -2.13. The number of aliphatic carboxylic acids is 1. The highest BCUT2D eigenvalue weighted by atomic mass is 32.1. The highest BCUT2D eigenvalue weighted by molar-refractivity contribution is 7.10. The van der Waals surface area contributed by atoms with E-state index < -0.39 is 18.2 Å². The van der Waals surface area contributed by atoms with Crippen LogP contribution in [-0.4, -0.2) is 51.5 Å². The second-order valence-electron chi connectivity index (χ2n) is 4.30. The van der Waals surface area contributed by atoms with Crippen molar-refractivity contribution in [1.82, 2.24) is 4.90 Å².